The van der Waals surface area contributed by atoms with Crippen LogP contribution in [-0.2, 0) is 16.2 Å². The van der Waals surface area contributed by atoms with E-state index in [0.717, 1.165) is 27.4 Å². The molecule has 3 atom stereocenters. The summed E-state index contributed by atoms with van der Waals surface area (Å²) in [5, 5.41) is 10.9. The van der Waals surface area contributed by atoms with E-state index < -0.39 is 33.8 Å². The molecular formula is C28H21N3O6S2. The van der Waals surface area contributed by atoms with Gasteiger partial charge in [-0.05, 0) is 30.7 Å². The number of carbonyl (C=O) groups excluding carboxylic acids is 2. The van der Waals surface area contributed by atoms with Gasteiger partial charge in [-0.3, -0.25) is 24.5 Å². The van der Waals surface area contributed by atoms with Crippen LogP contribution < -0.4 is 14.5 Å². The average molecular weight is 560 g/mol. The van der Waals surface area contributed by atoms with Crippen molar-refractivity contribution in [1.29, 1.82) is 0 Å². The van der Waals surface area contributed by atoms with Gasteiger partial charge < -0.3 is 9.72 Å². The number of nitro groups is 1. The summed E-state index contributed by atoms with van der Waals surface area (Å²) in [6.45, 7) is 2.32. The highest BCUT2D eigenvalue weighted by molar-refractivity contribution is 8.00. The number of thioether (sulfide) groups is 1. The highest BCUT2D eigenvalue weighted by Crippen LogP contribution is 2.54. The number of thiazole rings is 1. The fourth-order valence-electron chi connectivity index (χ4n) is 5.04. The molecule has 2 aliphatic heterocycles. The minimum absolute atomic E-state index is 0.137. The van der Waals surface area contributed by atoms with Gasteiger partial charge in [0.2, 0.25) is 11.8 Å². The maximum atomic E-state index is 13.9. The summed E-state index contributed by atoms with van der Waals surface area (Å²) in [5.41, 5.74) is 2.97. The van der Waals surface area contributed by atoms with Gasteiger partial charge in [-0.15, -0.1) is 0 Å². The van der Waals surface area contributed by atoms with Gasteiger partial charge in [0.25, 0.3) is 5.69 Å². The highest BCUT2D eigenvalue weighted by Gasteiger charge is 2.56. The van der Waals surface area contributed by atoms with Gasteiger partial charge in [0.05, 0.1) is 21.6 Å². The van der Waals surface area contributed by atoms with Crippen LogP contribution in [0.4, 0.5) is 11.4 Å². The highest BCUT2D eigenvalue weighted by atomic mass is 32.2. The summed E-state index contributed by atoms with van der Waals surface area (Å²) in [7, 11) is 0. The summed E-state index contributed by atoms with van der Waals surface area (Å²) >= 11 is 2.20. The molecule has 0 spiro atoms. The van der Waals surface area contributed by atoms with Gasteiger partial charge in [0.1, 0.15) is 17.6 Å². The number of hydrogen-bond acceptors (Lipinski definition) is 8. The normalized spacial score (nSPS) is 20.0. The Labute approximate surface area is 230 Å². The number of ether oxygens (including phenoxy) is 1. The van der Waals surface area contributed by atoms with Crippen LogP contribution in [0.1, 0.15) is 27.5 Å². The summed E-state index contributed by atoms with van der Waals surface area (Å²) in [4.78, 5) is 54.9. The molecule has 39 heavy (non-hydrogen) atoms. The molecule has 9 nitrogen and oxygen atoms in total. The third kappa shape index (κ3) is 4.43. The lowest BCUT2D eigenvalue weighted by Crippen LogP contribution is -2.32. The maximum Gasteiger partial charge on any atom is 0.305 e. The minimum Gasteiger partial charge on any atom is -0.489 e. The molecule has 3 heterocycles. The van der Waals surface area contributed by atoms with Crippen LogP contribution in [-0.4, -0.2) is 27.0 Å². The molecule has 0 aliphatic carbocycles. The molecule has 1 aromatic heterocycles. The number of hydrogen-bond donors (Lipinski definition) is 1. The number of aromatic amines is 1. The Bertz CT molecular complexity index is 1660. The molecule has 6 rings (SSSR count). The van der Waals surface area contributed by atoms with Crippen LogP contribution in [0.2, 0.25) is 0 Å². The van der Waals surface area contributed by atoms with Gasteiger partial charge in [0.15, 0.2) is 0 Å². The smallest absolute Gasteiger partial charge is 0.305 e. The predicted octanol–water partition coefficient (Wildman–Crippen LogP) is 5.03. The molecular weight excluding hydrogens is 538 g/mol. The third-order valence-electron chi connectivity index (χ3n) is 6.91. The van der Waals surface area contributed by atoms with Crippen molar-refractivity contribution in [1.82, 2.24) is 4.98 Å². The van der Waals surface area contributed by atoms with Crippen LogP contribution in [0, 0.1) is 23.0 Å². The molecule has 11 heteroatoms. The summed E-state index contributed by atoms with van der Waals surface area (Å²) in [5.74, 6) is -1.67. The van der Waals surface area contributed by atoms with Gasteiger partial charge in [-0.25, -0.2) is 4.90 Å². The van der Waals surface area contributed by atoms with Crippen LogP contribution >= 0.6 is 23.1 Å². The first-order valence-corrected chi connectivity index (χ1v) is 13.8. The Balaban J connectivity index is 1.40. The molecule has 1 N–H and O–H groups in total. The molecule has 0 unspecified atom stereocenters. The zero-order chi connectivity index (χ0) is 27.3. The number of nitro benzene ring substituents is 1. The lowest BCUT2D eigenvalue weighted by atomic mass is 9.82. The second kappa shape index (κ2) is 9.83. The van der Waals surface area contributed by atoms with Crippen molar-refractivity contribution in [3.63, 3.8) is 0 Å². The minimum atomic E-state index is -0.791. The topological polar surface area (TPSA) is 123 Å². The van der Waals surface area contributed by atoms with E-state index in [-0.39, 0.29) is 16.2 Å². The number of carbonyl (C=O) groups is 2. The number of nitrogens with one attached hydrogen (secondary N) is 1. The van der Waals surface area contributed by atoms with Crippen molar-refractivity contribution < 1.29 is 19.2 Å². The van der Waals surface area contributed by atoms with E-state index in [1.54, 1.807) is 0 Å². The molecule has 1 saturated heterocycles. The number of fused-ring (bicyclic) bond motifs is 2. The Morgan fingerprint density at radius 3 is 2.41 bits per heavy atom. The fourth-order valence-corrected chi connectivity index (χ4v) is 7.55. The van der Waals surface area contributed by atoms with E-state index in [1.807, 2.05) is 55.5 Å². The zero-order valence-electron chi connectivity index (χ0n) is 20.5. The number of H-pyrrole nitrogens is 1. The van der Waals surface area contributed by atoms with Crippen LogP contribution in [0.25, 0.3) is 0 Å². The predicted molar refractivity (Wildman–Crippen MR) is 147 cm³/mol. The number of aromatic nitrogens is 1. The molecule has 1 fully saturated rings. The number of amides is 2. The lowest BCUT2D eigenvalue weighted by molar-refractivity contribution is -0.384. The van der Waals surface area contributed by atoms with E-state index in [1.165, 1.54) is 36.0 Å². The summed E-state index contributed by atoms with van der Waals surface area (Å²) < 4.78 is 6.23. The fraction of sp³-hybridized carbons (Fsp3) is 0.179. The molecule has 0 bridgehead atoms. The third-order valence-corrected chi connectivity index (χ3v) is 9.31. The largest absolute Gasteiger partial charge is 0.489 e. The van der Waals surface area contributed by atoms with E-state index in [0.29, 0.717) is 27.8 Å². The quantitative estimate of drug-likeness (QED) is 0.200. The monoisotopic (exact) mass is 559 g/mol. The van der Waals surface area contributed by atoms with Crippen LogP contribution in [0.5, 0.6) is 5.75 Å². The number of benzene rings is 3. The number of rotatable bonds is 6. The second-order valence-electron chi connectivity index (χ2n) is 9.35. The number of aryl methyl sites for hydroxylation is 1. The standard InChI is InChI=1S/C28H21N3O6S2/c1-15-6-8-16(9-7-15)14-37-20-5-3-2-4-19(20)21-22-24(38-25-23(21)39-28(34)29-25)27(33)30(26(22)32)17-10-12-18(13-11-17)31(35)36/h2-13,21-22,24H,14H2,1H3,(H,29,34)/t21-,22-,24+/m0/s1. The van der Waals surface area contributed by atoms with Gasteiger partial charge in [-0.2, -0.15) is 0 Å². The summed E-state index contributed by atoms with van der Waals surface area (Å²) in [6.07, 6.45) is 0. The van der Waals surface area contributed by atoms with Crippen molar-refractivity contribution >= 4 is 46.3 Å². The Morgan fingerprint density at radius 2 is 1.69 bits per heavy atom. The Hall–Kier alpha value is -4.22. The van der Waals surface area contributed by atoms with Gasteiger partial charge in [0, 0.05) is 28.5 Å². The van der Waals surface area contributed by atoms with Crippen molar-refractivity contribution in [3.05, 3.63) is 114 Å². The molecule has 2 aliphatic rings. The number of non-ortho nitro benzene ring substituents is 1. The molecule has 196 valence electrons. The van der Waals surface area contributed by atoms with Crippen LogP contribution in [0.3, 0.4) is 0 Å². The number of para-hydroxylation sites is 1. The molecule has 4 aromatic rings. The van der Waals surface area contributed by atoms with Gasteiger partial charge >= 0.3 is 4.87 Å². The second-order valence-corrected chi connectivity index (χ2v) is 11.5. The van der Waals surface area contributed by atoms with Crippen molar-refractivity contribution in [2.75, 3.05) is 4.90 Å². The van der Waals surface area contributed by atoms with E-state index in [9.17, 15) is 24.5 Å². The molecule has 0 radical (unpaired) electrons. The van der Waals surface area contributed by atoms with E-state index in [4.69, 9.17) is 4.74 Å². The number of anilines is 1. The first kappa shape index (κ1) is 25.1. The van der Waals surface area contributed by atoms with Crippen molar-refractivity contribution in [3.8, 4) is 5.75 Å². The van der Waals surface area contributed by atoms with Gasteiger partial charge in [-0.1, -0.05) is 71.1 Å². The number of imide groups is 1. The number of nitrogens with zero attached hydrogens (tertiary/aromatic N) is 2. The SMILES string of the molecule is Cc1ccc(COc2ccccc2[C@@H]2c3sc(=O)[nH]c3S[C@H]3C(=O)N(c4ccc([N+](=O)[O-])cc4)C(=O)[C@@H]23)cc1. The van der Waals surface area contributed by atoms with Crippen molar-refractivity contribution in [2.45, 2.75) is 29.7 Å². The first-order chi connectivity index (χ1) is 18.8. The zero-order valence-corrected chi connectivity index (χ0v) is 22.2. The Morgan fingerprint density at radius 1 is 0.974 bits per heavy atom. The lowest BCUT2D eigenvalue weighted by Gasteiger charge is -2.30. The average Bonchev–Trinajstić information content (AvgIpc) is 3.43. The van der Waals surface area contributed by atoms with E-state index in [2.05, 4.69) is 4.98 Å². The summed E-state index contributed by atoms with van der Waals surface area (Å²) in [6, 6.07) is 20.7. The molecule has 2 amide bonds. The van der Waals surface area contributed by atoms with Crippen LogP contribution in [0.15, 0.2) is 82.6 Å². The molecule has 3 aromatic carbocycles. The Kier molecular flexibility index (Phi) is 6.32. The van der Waals surface area contributed by atoms with E-state index >= 15 is 0 Å². The molecule has 0 saturated carbocycles. The first-order valence-electron chi connectivity index (χ1n) is 12.1. The maximum absolute atomic E-state index is 13.9. The van der Waals surface area contributed by atoms with Crippen molar-refractivity contribution in [2.24, 2.45) is 5.92 Å².